The van der Waals surface area contributed by atoms with Crippen molar-refractivity contribution in [1.29, 1.82) is 0 Å². The summed E-state index contributed by atoms with van der Waals surface area (Å²) in [7, 11) is 0. The lowest BCUT2D eigenvalue weighted by Gasteiger charge is -2.19. The maximum Gasteiger partial charge on any atom is 0.417 e. The molecule has 0 unspecified atom stereocenters. The van der Waals surface area contributed by atoms with E-state index in [1.807, 2.05) is 0 Å². The maximum atomic E-state index is 12.0. The fourth-order valence-electron chi connectivity index (χ4n) is 2.41. The van der Waals surface area contributed by atoms with Crippen molar-refractivity contribution in [3.63, 3.8) is 0 Å². The Balaban J connectivity index is 1.69. The third-order valence-electron chi connectivity index (χ3n) is 3.33. The van der Waals surface area contributed by atoms with Gasteiger partial charge in [0, 0.05) is 13.1 Å². The molecular formula is C12H12N2O5. The Kier molecular flexibility index (Phi) is 2.73. The predicted octanol–water partition coefficient (Wildman–Crippen LogP) is 0.473. The molecule has 100 valence electrons. The summed E-state index contributed by atoms with van der Waals surface area (Å²) in [6.45, 7) is 0.600. The topological polar surface area (TPSA) is 80.1 Å². The summed E-state index contributed by atoms with van der Waals surface area (Å²) in [5, 5.41) is 0. The molecule has 1 aromatic heterocycles. The van der Waals surface area contributed by atoms with Crippen molar-refractivity contribution in [3.8, 4) is 0 Å². The number of rotatable bonds is 2. The number of ether oxygens (including phenoxy) is 1. The fourth-order valence-corrected chi connectivity index (χ4v) is 2.41. The molecular weight excluding hydrogens is 252 g/mol. The highest BCUT2D eigenvalue weighted by atomic mass is 16.6. The summed E-state index contributed by atoms with van der Waals surface area (Å²) in [4.78, 5) is 37.7. The van der Waals surface area contributed by atoms with Gasteiger partial charge in [-0.3, -0.25) is 9.59 Å². The molecule has 2 aliphatic rings. The normalized spacial score (nSPS) is 23.1. The summed E-state index contributed by atoms with van der Waals surface area (Å²) in [6, 6.07) is 2.92. The van der Waals surface area contributed by atoms with E-state index in [9.17, 15) is 14.4 Å². The van der Waals surface area contributed by atoms with Gasteiger partial charge in [0.25, 0.3) is 11.8 Å². The van der Waals surface area contributed by atoms with Gasteiger partial charge in [-0.05, 0) is 18.6 Å². The molecule has 7 nitrogen and oxygen atoms in total. The molecule has 3 heterocycles. The Bertz CT molecular complexity index is 508. The van der Waals surface area contributed by atoms with Crippen molar-refractivity contribution >= 4 is 17.9 Å². The van der Waals surface area contributed by atoms with E-state index in [-0.39, 0.29) is 30.2 Å². The molecule has 0 aromatic carbocycles. The standard InChI is InChI=1S/C12H12N2O5/c15-10-7-19-12(17)14(10)8-3-4-13(6-8)11(16)9-2-1-5-18-9/h1-2,5,8H,3-4,6-7H2/t8-/m1/s1. The number of cyclic esters (lactones) is 1. The first-order valence-corrected chi connectivity index (χ1v) is 5.98. The summed E-state index contributed by atoms with van der Waals surface area (Å²) in [6.07, 6.45) is 1.37. The average Bonchev–Trinajstić information content (AvgIpc) is 3.10. The summed E-state index contributed by atoms with van der Waals surface area (Å²) in [5.74, 6) is -0.314. The van der Waals surface area contributed by atoms with Gasteiger partial charge in [0.15, 0.2) is 12.4 Å². The molecule has 1 aromatic rings. The van der Waals surface area contributed by atoms with Crippen LogP contribution >= 0.6 is 0 Å². The zero-order valence-electron chi connectivity index (χ0n) is 10.1. The number of amides is 3. The Hall–Kier alpha value is -2.31. The Labute approximate surface area is 108 Å². The van der Waals surface area contributed by atoms with Gasteiger partial charge in [-0.25, -0.2) is 9.69 Å². The number of likely N-dealkylation sites (tertiary alicyclic amines) is 1. The van der Waals surface area contributed by atoms with Gasteiger partial charge in [0.1, 0.15) is 0 Å². The number of hydrogen-bond donors (Lipinski definition) is 0. The quantitative estimate of drug-likeness (QED) is 0.775. The molecule has 3 amide bonds. The van der Waals surface area contributed by atoms with Gasteiger partial charge in [-0.2, -0.15) is 0 Å². The van der Waals surface area contributed by atoms with Crippen molar-refractivity contribution in [1.82, 2.24) is 9.80 Å². The van der Waals surface area contributed by atoms with Crippen LogP contribution in [0.25, 0.3) is 0 Å². The molecule has 2 saturated heterocycles. The number of carbonyl (C=O) groups is 3. The molecule has 0 aliphatic carbocycles. The van der Waals surface area contributed by atoms with Gasteiger partial charge < -0.3 is 14.1 Å². The van der Waals surface area contributed by atoms with Crippen molar-refractivity contribution < 1.29 is 23.5 Å². The van der Waals surface area contributed by atoms with Crippen molar-refractivity contribution in [3.05, 3.63) is 24.2 Å². The first-order valence-electron chi connectivity index (χ1n) is 5.98. The van der Waals surface area contributed by atoms with Crippen LogP contribution in [-0.2, 0) is 9.53 Å². The van der Waals surface area contributed by atoms with Crippen LogP contribution in [0.5, 0.6) is 0 Å². The first kappa shape index (κ1) is 11.8. The maximum absolute atomic E-state index is 12.0. The van der Waals surface area contributed by atoms with E-state index in [2.05, 4.69) is 4.74 Å². The highest BCUT2D eigenvalue weighted by Crippen LogP contribution is 2.21. The van der Waals surface area contributed by atoms with Crippen LogP contribution in [0, 0.1) is 0 Å². The van der Waals surface area contributed by atoms with Crippen LogP contribution in [0.1, 0.15) is 17.0 Å². The summed E-state index contributed by atoms with van der Waals surface area (Å²) < 4.78 is 9.72. The molecule has 7 heteroatoms. The minimum Gasteiger partial charge on any atom is -0.459 e. The van der Waals surface area contributed by atoms with Gasteiger partial charge in [-0.15, -0.1) is 0 Å². The Morgan fingerprint density at radius 3 is 2.84 bits per heavy atom. The third-order valence-corrected chi connectivity index (χ3v) is 3.33. The van der Waals surface area contributed by atoms with Crippen molar-refractivity contribution in [2.24, 2.45) is 0 Å². The number of furan rings is 1. The molecule has 1 atom stereocenters. The lowest BCUT2D eigenvalue weighted by Crippen LogP contribution is -2.41. The molecule has 2 aliphatic heterocycles. The van der Waals surface area contributed by atoms with E-state index in [0.717, 1.165) is 4.90 Å². The van der Waals surface area contributed by atoms with Gasteiger partial charge in [0.05, 0.1) is 12.3 Å². The van der Waals surface area contributed by atoms with E-state index in [1.165, 1.54) is 6.26 Å². The monoisotopic (exact) mass is 264 g/mol. The lowest BCUT2D eigenvalue weighted by atomic mass is 10.2. The highest BCUT2D eigenvalue weighted by molar-refractivity contribution is 5.98. The third kappa shape index (κ3) is 1.96. The van der Waals surface area contributed by atoms with E-state index in [4.69, 9.17) is 4.42 Å². The second-order valence-corrected chi connectivity index (χ2v) is 4.49. The number of nitrogens with zero attached hydrogens (tertiary/aromatic N) is 2. The first-order chi connectivity index (χ1) is 9.16. The smallest absolute Gasteiger partial charge is 0.417 e. The van der Waals surface area contributed by atoms with E-state index in [1.54, 1.807) is 17.0 Å². The van der Waals surface area contributed by atoms with Crippen LogP contribution in [-0.4, -0.2) is 53.4 Å². The zero-order valence-corrected chi connectivity index (χ0v) is 10.1. The molecule has 0 saturated carbocycles. The van der Waals surface area contributed by atoms with Crippen molar-refractivity contribution in [2.45, 2.75) is 12.5 Å². The molecule has 3 rings (SSSR count). The number of imide groups is 1. The Morgan fingerprint density at radius 2 is 2.21 bits per heavy atom. The summed E-state index contributed by atoms with van der Waals surface area (Å²) in [5.41, 5.74) is 0. The molecule has 0 spiro atoms. The molecule has 2 fully saturated rings. The van der Waals surface area contributed by atoms with Crippen molar-refractivity contribution in [2.75, 3.05) is 19.7 Å². The largest absolute Gasteiger partial charge is 0.459 e. The van der Waals surface area contributed by atoms with Crippen LogP contribution in [0.4, 0.5) is 4.79 Å². The van der Waals surface area contributed by atoms with E-state index >= 15 is 0 Å². The molecule has 0 N–H and O–H groups in total. The van der Waals surface area contributed by atoms with E-state index in [0.29, 0.717) is 19.5 Å². The van der Waals surface area contributed by atoms with Crippen LogP contribution in [0.3, 0.4) is 0 Å². The predicted molar refractivity (Wildman–Crippen MR) is 61.2 cm³/mol. The minimum absolute atomic E-state index is 0.207. The fraction of sp³-hybridized carbons (Fsp3) is 0.417. The lowest BCUT2D eigenvalue weighted by molar-refractivity contribution is -0.127. The minimum atomic E-state index is -0.623. The van der Waals surface area contributed by atoms with Gasteiger partial charge >= 0.3 is 6.09 Å². The molecule has 19 heavy (non-hydrogen) atoms. The van der Waals surface area contributed by atoms with E-state index < -0.39 is 6.09 Å². The second-order valence-electron chi connectivity index (χ2n) is 4.49. The molecule has 0 bridgehead atoms. The zero-order chi connectivity index (χ0) is 13.4. The second kappa shape index (κ2) is 4.42. The SMILES string of the molecule is O=C(c1ccco1)N1CC[C@@H](N2C(=O)COC2=O)C1. The summed E-state index contributed by atoms with van der Waals surface area (Å²) >= 11 is 0. The molecule has 0 radical (unpaired) electrons. The van der Waals surface area contributed by atoms with Crippen LogP contribution in [0.2, 0.25) is 0 Å². The highest BCUT2D eigenvalue weighted by Gasteiger charge is 2.41. The van der Waals surface area contributed by atoms with Gasteiger partial charge in [0.2, 0.25) is 0 Å². The Morgan fingerprint density at radius 1 is 1.37 bits per heavy atom. The van der Waals surface area contributed by atoms with Gasteiger partial charge in [-0.1, -0.05) is 0 Å². The average molecular weight is 264 g/mol. The number of carbonyl (C=O) groups excluding carboxylic acids is 3. The van der Waals surface area contributed by atoms with Crippen LogP contribution in [0.15, 0.2) is 22.8 Å². The number of hydrogen-bond acceptors (Lipinski definition) is 5. The van der Waals surface area contributed by atoms with Crippen LogP contribution < -0.4 is 0 Å².